The van der Waals surface area contributed by atoms with Crippen molar-refractivity contribution in [3.8, 4) is 5.75 Å². The summed E-state index contributed by atoms with van der Waals surface area (Å²) >= 11 is 0. The number of halogens is 1. The first-order valence-electron chi connectivity index (χ1n) is 7.56. The lowest BCUT2D eigenvalue weighted by Gasteiger charge is -2.33. The molecule has 0 radical (unpaired) electrons. The molecule has 1 fully saturated rings. The van der Waals surface area contributed by atoms with Crippen LogP contribution in [0.2, 0.25) is 0 Å². The van der Waals surface area contributed by atoms with E-state index in [2.05, 4.69) is 10.2 Å². The highest BCUT2D eigenvalue weighted by atomic mass is 19.1. The van der Waals surface area contributed by atoms with Crippen molar-refractivity contribution in [1.82, 2.24) is 10.2 Å². The summed E-state index contributed by atoms with van der Waals surface area (Å²) in [6.45, 7) is 4.35. The Morgan fingerprint density at radius 1 is 1.45 bits per heavy atom. The predicted octanol–water partition coefficient (Wildman–Crippen LogP) is 2.06. The van der Waals surface area contributed by atoms with Crippen molar-refractivity contribution in [1.29, 1.82) is 0 Å². The summed E-state index contributed by atoms with van der Waals surface area (Å²) in [5.41, 5.74) is 1.01. The van der Waals surface area contributed by atoms with Crippen LogP contribution in [-0.2, 0) is 6.42 Å². The zero-order valence-corrected chi connectivity index (χ0v) is 12.1. The number of likely N-dealkylation sites (tertiary alicyclic amines) is 1. The fourth-order valence-electron chi connectivity index (χ4n) is 3.45. The number of ether oxygens (including phenoxy) is 1. The average molecular weight is 278 g/mol. The summed E-state index contributed by atoms with van der Waals surface area (Å²) in [6.07, 6.45) is 3.59. The van der Waals surface area contributed by atoms with Crippen LogP contribution in [0.5, 0.6) is 5.75 Å². The maximum absolute atomic E-state index is 13.2. The van der Waals surface area contributed by atoms with E-state index in [0.717, 1.165) is 49.8 Å². The molecule has 2 aliphatic rings. The zero-order valence-electron chi connectivity index (χ0n) is 12.1. The molecule has 2 heterocycles. The van der Waals surface area contributed by atoms with Gasteiger partial charge in [0.15, 0.2) is 0 Å². The lowest BCUT2D eigenvalue weighted by molar-refractivity contribution is 0.111. The standard InChI is InChI=1S/C16H23FN2O/c1-18-9-12-3-2-6-19(10-12)11-15-8-13-7-14(17)4-5-16(13)20-15/h4-5,7,12,15,18H,2-3,6,8-11H2,1H3. The van der Waals surface area contributed by atoms with E-state index in [1.165, 1.54) is 18.9 Å². The van der Waals surface area contributed by atoms with Crippen molar-refractivity contribution in [2.45, 2.75) is 25.4 Å². The van der Waals surface area contributed by atoms with E-state index in [-0.39, 0.29) is 11.9 Å². The molecule has 20 heavy (non-hydrogen) atoms. The fraction of sp³-hybridized carbons (Fsp3) is 0.625. The quantitative estimate of drug-likeness (QED) is 0.912. The van der Waals surface area contributed by atoms with Gasteiger partial charge in [0.25, 0.3) is 0 Å². The number of nitrogens with zero attached hydrogens (tertiary/aromatic N) is 1. The molecule has 0 saturated carbocycles. The molecular formula is C16H23FN2O. The van der Waals surface area contributed by atoms with Crippen LogP contribution in [-0.4, -0.2) is 44.2 Å². The molecule has 1 N–H and O–H groups in total. The Labute approximate surface area is 120 Å². The van der Waals surface area contributed by atoms with E-state index in [0.29, 0.717) is 0 Å². The minimum absolute atomic E-state index is 0.167. The van der Waals surface area contributed by atoms with Crippen molar-refractivity contribution in [3.05, 3.63) is 29.6 Å². The van der Waals surface area contributed by atoms with Gasteiger partial charge < -0.3 is 10.1 Å². The smallest absolute Gasteiger partial charge is 0.123 e. The average Bonchev–Trinajstić information content (AvgIpc) is 2.81. The molecule has 110 valence electrons. The van der Waals surface area contributed by atoms with Crippen LogP contribution in [0.3, 0.4) is 0 Å². The Kier molecular flexibility index (Phi) is 4.22. The van der Waals surface area contributed by atoms with Gasteiger partial charge in [-0.05, 0) is 57.1 Å². The highest BCUT2D eigenvalue weighted by Crippen LogP contribution is 2.30. The molecule has 2 unspecified atom stereocenters. The number of piperidine rings is 1. The summed E-state index contributed by atoms with van der Waals surface area (Å²) in [5, 5.41) is 3.27. The predicted molar refractivity (Wildman–Crippen MR) is 77.6 cm³/mol. The first kappa shape index (κ1) is 13.8. The van der Waals surface area contributed by atoms with E-state index in [9.17, 15) is 4.39 Å². The monoisotopic (exact) mass is 278 g/mol. The van der Waals surface area contributed by atoms with Crippen LogP contribution in [0.4, 0.5) is 4.39 Å². The van der Waals surface area contributed by atoms with Gasteiger partial charge in [0.1, 0.15) is 17.7 Å². The molecule has 2 atom stereocenters. The van der Waals surface area contributed by atoms with Gasteiger partial charge in [0.05, 0.1) is 0 Å². The van der Waals surface area contributed by atoms with Gasteiger partial charge in [0, 0.05) is 25.1 Å². The highest BCUT2D eigenvalue weighted by molar-refractivity contribution is 5.37. The second-order valence-electron chi connectivity index (χ2n) is 6.02. The number of hydrogen-bond donors (Lipinski definition) is 1. The van der Waals surface area contributed by atoms with Gasteiger partial charge >= 0.3 is 0 Å². The van der Waals surface area contributed by atoms with E-state index < -0.39 is 0 Å². The van der Waals surface area contributed by atoms with Gasteiger partial charge in [-0.3, -0.25) is 4.90 Å². The largest absolute Gasteiger partial charge is 0.488 e. The number of benzene rings is 1. The Hall–Kier alpha value is -1.13. The van der Waals surface area contributed by atoms with Gasteiger partial charge in [-0.25, -0.2) is 4.39 Å². The van der Waals surface area contributed by atoms with Crippen molar-refractivity contribution in [2.24, 2.45) is 5.92 Å². The molecule has 2 aliphatic heterocycles. The fourth-order valence-corrected chi connectivity index (χ4v) is 3.45. The second-order valence-corrected chi connectivity index (χ2v) is 6.02. The van der Waals surface area contributed by atoms with E-state index in [1.54, 1.807) is 12.1 Å². The molecule has 4 heteroatoms. The Balaban J connectivity index is 1.55. The molecule has 1 saturated heterocycles. The van der Waals surface area contributed by atoms with Crippen LogP contribution in [0.1, 0.15) is 18.4 Å². The van der Waals surface area contributed by atoms with Crippen LogP contribution in [0, 0.1) is 11.7 Å². The van der Waals surface area contributed by atoms with Gasteiger partial charge in [-0.15, -0.1) is 0 Å². The first-order valence-corrected chi connectivity index (χ1v) is 7.56. The van der Waals surface area contributed by atoms with Gasteiger partial charge in [-0.2, -0.15) is 0 Å². The Bertz CT molecular complexity index is 464. The van der Waals surface area contributed by atoms with E-state index in [1.807, 2.05) is 7.05 Å². The number of fused-ring (bicyclic) bond motifs is 1. The van der Waals surface area contributed by atoms with Crippen molar-refractivity contribution < 1.29 is 9.13 Å². The number of hydrogen-bond acceptors (Lipinski definition) is 3. The molecular weight excluding hydrogens is 255 g/mol. The first-order chi connectivity index (χ1) is 9.74. The van der Waals surface area contributed by atoms with Crippen molar-refractivity contribution in [3.63, 3.8) is 0 Å². The summed E-state index contributed by atoms with van der Waals surface area (Å²) < 4.78 is 19.1. The van der Waals surface area contributed by atoms with Crippen LogP contribution < -0.4 is 10.1 Å². The maximum Gasteiger partial charge on any atom is 0.123 e. The lowest BCUT2D eigenvalue weighted by Crippen LogP contribution is -2.43. The van der Waals surface area contributed by atoms with Crippen molar-refractivity contribution >= 4 is 0 Å². The number of rotatable bonds is 4. The minimum atomic E-state index is -0.167. The molecule has 3 nitrogen and oxygen atoms in total. The Morgan fingerprint density at radius 2 is 2.35 bits per heavy atom. The summed E-state index contributed by atoms with van der Waals surface area (Å²) in [5.74, 6) is 1.44. The van der Waals surface area contributed by atoms with Crippen LogP contribution >= 0.6 is 0 Å². The third kappa shape index (κ3) is 3.13. The third-order valence-corrected chi connectivity index (χ3v) is 4.32. The maximum atomic E-state index is 13.2. The molecule has 1 aromatic rings. The van der Waals surface area contributed by atoms with Gasteiger partial charge in [-0.1, -0.05) is 0 Å². The van der Waals surface area contributed by atoms with Crippen LogP contribution in [0.25, 0.3) is 0 Å². The van der Waals surface area contributed by atoms with Gasteiger partial charge in [0.2, 0.25) is 0 Å². The highest BCUT2D eigenvalue weighted by Gasteiger charge is 2.27. The molecule has 0 aromatic heterocycles. The van der Waals surface area contributed by atoms with E-state index in [4.69, 9.17) is 4.74 Å². The molecule has 3 rings (SSSR count). The zero-order chi connectivity index (χ0) is 13.9. The van der Waals surface area contributed by atoms with E-state index >= 15 is 0 Å². The summed E-state index contributed by atoms with van der Waals surface area (Å²) in [4.78, 5) is 2.50. The molecule has 0 amide bonds. The number of nitrogens with one attached hydrogen (secondary N) is 1. The molecule has 0 bridgehead atoms. The minimum Gasteiger partial charge on any atom is -0.488 e. The molecule has 1 aromatic carbocycles. The molecule has 0 spiro atoms. The summed E-state index contributed by atoms with van der Waals surface area (Å²) in [7, 11) is 2.02. The summed E-state index contributed by atoms with van der Waals surface area (Å²) in [6, 6.07) is 4.84. The topological polar surface area (TPSA) is 24.5 Å². The SMILES string of the molecule is CNCC1CCCN(CC2Cc3cc(F)ccc3O2)C1. The third-order valence-electron chi connectivity index (χ3n) is 4.32. The van der Waals surface area contributed by atoms with Crippen LogP contribution in [0.15, 0.2) is 18.2 Å². The molecule has 0 aliphatic carbocycles. The Morgan fingerprint density at radius 3 is 3.20 bits per heavy atom. The van der Waals surface area contributed by atoms with Crippen molar-refractivity contribution in [2.75, 3.05) is 33.2 Å². The second kappa shape index (κ2) is 6.10. The normalized spacial score (nSPS) is 26.3. The lowest BCUT2D eigenvalue weighted by atomic mass is 9.97.